The van der Waals surface area contributed by atoms with E-state index in [0.29, 0.717) is 5.56 Å². The Labute approximate surface area is 187 Å². The van der Waals surface area contributed by atoms with Crippen LogP contribution in [0.15, 0.2) is 30.1 Å². The first kappa shape index (κ1) is 27.1. The molecule has 0 aliphatic rings. The molecule has 31 heavy (non-hydrogen) atoms. The Kier molecular flexibility index (Phi) is 12.4. The summed E-state index contributed by atoms with van der Waals surface area (Å²) in [6.45, 7) is 6.40. The predicted molar refractivity (Wildman–Crippen MR) is 128 cm³/mol. The molecular formula is C24H39NO5P+. The fourth-order valence-electron chi connectivity index (χ4n) is 3.98. The van der Waals surface area contributed by atoms with Crippen LogP contribution in [0.2, 0.25) is 0 Å². The molecule has 1 N–H and O–H groups in total. The third-order valence-corrected chi connectivity index (χ3v) is 10.9. The molecule has 0 fully saturated rings. The number of methoxy groups -OCH3 is 2. The van der Waals surface area contributed by atoms with Crippen molar-refractivity contribution in [2.75, 3.05) is 32.7 Å². The van der Waals surface area contributed by atoms with Gasteiger partial charge in [-0.3, -0.25) is 4.98 Å². The van der Waals surface area contributed by atoms with Gasteiger partial charge in [0.15, 0.2) is 0 Å². The number of hydrogen-bond donors (Lipinski definition) is 1. The number of ether oxygens (including phenoxy) is 2. The molecule has 1 unspecified atom stereocenters. The molecule has 0 aliphatic heterocycles. The lowest BCUT2D eigenvalue weighted by Gasteiger charge is -2.34. The first-order valence-corrected chi connectivity index (χ1v) is 13.7. The van der Waals surface area contributed by atoms with Crippen LogP contribution in [0.4, 0.5) is 0 Å². The van der Waals surface area contributed by atoms with Crippen LogP contribution in [0.5, 0.6) is 0 Å². The van der Waals surface area contributed by atoms with Crippen molar-refractivity contribution in [3.63, 3.8) is 0 Å². The van der Waals surface area contributed by atoms with Crippen molar-refractivity contribution in [3.8, 4) is 0 Å². The minimum Gasteiger partial charge on any atom is -0.507 e. The highest BCUT2D eigenvalue weighted by Crippen LogP contribution is 2.67. The maximum atomic E-state index is 13.3. The molecule has 1 heterocycles. The molecule has 1 atom stereocenters. The number of rotatable bonds is 14. The van der Waals surface area contributed by atoms with Gasteiger partial charge in [-0.2, -0.15) is 0 Å². The van der Waals surface area contributed by atoms with E-state index < -0.39 is 24.9 Å². The lowest BCUT2D eigenvalue weighted by atomic mass is 10.1. The van der Waals surface area contributed by atoms with Gasteiger partial charge in [0.25, 0.3) is 0 Å². The van der Waals surface area contributed by atoms with E-state index in [4.69, 9.17) is 9.47 Å². The molecule has 0 aliphatic carbocycles. The van der Waals surface area contributed by atoms with Crippen LogP contribution in [0.3, 0.4) is 0 Å². The number of carbonyl (C=O) groups excluding carboxylic acids is 2. The molecule has 7 heteroatoms. The van der Waals surface area contributed by atoms with E-state index in [2.05, 4.69) is 25.8 Å². The maximum Gasteiger partial charge on any atom is 0.351 e. The van der Waals surface area contributed by atoms with E-state index >= 15 is 0 Å². The van der Waals surface area contributed by atoms with Crippen LogP contribution in [0, 0.1) is 0 Å². The van der Waals surface area contributed by atoms with Crippen molar-refractivity contribution in [1.82, 2.24) is 4.98 Å². The number of nitrogens with zero attached hydrogens (tertiary/aromatic N) is 1. The summed E-state index contributed by atoms with van der Waals surface area (Å²) in [5, 5.41) is 11.2. The average molecular weight is 453 g/mol. The number of aliphatic hydroxyl groups excluding tert-OH is 1. The normalized spacial score (nSPS) is 13.3. The molecule has 174 valence electrons. The van der Waals surface area contributed by atoms with Gasteiger partial charge in [0, 0.05) is 25.2 Å². The minimum absolute atomic E-state index is 0.0252. The topological polar surface area (TPSA) is 85.7 Å². The molecule has 1 aromatic heterocycles. The molecular weight excluding hydrogens is 413 g/mol. The zero-order valence-corrected chi connectivity index (χ0v) is 20.6. The Balaban J connectivity index is 3.81. The molecule has 6 nitrogen and oxygen atoms in total. The first-order chi connectivity index (χ1) is 14.9. The molecule has 0 aromatic carbocycles. The van der Waals surface area contributed by atoms with Crippen LogP contribution in [0.25, 0.3) is 5.76 Å². The highest BCUT2D eigenvalue weighted by atomic mass is 31.2. The van der Waals surface area contributed by atoms with E-state index in [1.54, 1.807) is 24.5 Å². The van der Waals surface area contributed by atoms with Crippen molar-refractivity contribution < 1.29 is 24.2 Å². The van der Waals surface area contributed by atoms with Crippen molar-refractivity contribution in [2.45, 2.75) is 65.0 Å². The number of aliphatic hydroxyl groups is 1. The van der Waals surface area contributed by atoms with E-state index in [0.717, 1.165) is 57.0 Å². The smallest absolute Gasteiger partial charge is 0.351 e. The molecule has 0 radical (unpaired) electrons. The molecule has 0 spiro atoms. The van der Waals surface area contributed by atoms with Crippen LogP contribution >= 0.6 is 7.26 Å². The van der Waals surface area contributed by atoms with Gasteiger partial charge in [-0.25, -0.2) is 9.59 Å². The van der Waals surface area contributed by atoms with Crippen molar-refractivity contribution >= 4 is 25.0 Å². The number of unbranched alkanes of at least 4 members (excludes halogenated alkanes) is 3. The summed E-state index contributed by atoms with van der Waals surface area (Å²) in [7, 11) is 0.593. The van der Waals surface area contributed by atoms with Crippen molar-refractivity contribution in [1.29, 1.82) is 0 Å². The molecule has 1 rings (SSSR count). The second-order valence-corrected chi connectivity index (χ2v) is 12.2. The molecule has 0 bridgehead atoms. The largest absolute Gasteiger partial charge is 0.507 e. The van der Waals surface area contributed by atoms with Crippen molar-refractivity contribution in [2.24, 2.45) is 0 Å². The summed E-state index contributed by atoms with van der Waals surface area (Å²) in [5.41, 5.74) is -0.344. The zero-order chi connectivity index (χ0) is 23.3. The molecule has 1 aromatic rings. The second kappa shape index (κ2) is 14.2. The number of carbonyl (C=O) groups is 2. The summed E-state index contributed by atoms with van der Waals surface area (Å²) in [5.74, 6) is -1.37. The zero-order valence-electron chi connectivity index (χ0n) is 19.7. The molecule has 0 amide bonds. The summed E-state index contributed by atoms with van der Waals surface area (Å²) in [6, 6.07) is 3.24. The summed E-state index contributed by atoms with van der Waals surface area (Å²) < 4.78 is 10.3. The highest BCUT2D eigenvalue weighted by Gasteiger charge is 2.54. The highest BCUT2D eigenvalue weighted by molar-refractivity contribution is 7.77. The Morgan fingerprint density at radius 3 is 1.81 bits per heavy atom. The van der Waals surface area contributed by atoms with E-state index in [9.17, 15) is 14.7 Å². The van der Waals surface area contributed by atoms with Gasteiger partial charge in [-0.15, -0.1) is 0 Å². The maximum absolute atomic E-state index is 13.3. The Morgan fingerprint density at radius 2 is 1.42 bits per heavy atom. The lowest BCUT2D eigenvalue weighted by Crippen LogP contribution is -2.36. The Morgan fingerprint density at radius 1 is 0.935 bits per heavy atom. The monoisotopic (exact) mass is 452 g/mol. The third-order valence-electron chi connectivity index (χ3n) is 5.73. The lowest BCUT2D eigenvalue weighted by molar-refractivity contribution is -0.142. The van der Waals surface area contributed by atoms with Crippen LogP contribution in [-0.2, 0) is 19.1 Å². The third kappa shape index (κ3) is 7.31. The predicted octanol–water partition coefficient (Wildman–Crippen LogP) is 5.48. The van der Waals surface area contributed by atoms with Gasteiger partial charge in [0.05, 0.1) is 32.7 Å². The molecule has 0 saturated heterocycles. The van der Waals surface area contributed by atoms with Gasteiger partial charge in [-0.1, -0.05) is 40.0 Å². The number of esters is 2. The number of pyridine rings is 1. The van der Waals surface area contributed by atoms with E-state index in [1.807, 2.05) is 0 Å². The van der Waals surface area contributed by atoms with E-state index in [1.165, 1.54) is 14.2 Å². The number of aromatic nitrogens is 1. The first-order valence-electron chi connectivity index (χ1n) is 11.3. The summed E-state index contributed by atoms with van der Waals surface area (Å²) in [4.78, 5) is 30.3. The number of hydrogen-bond acceptors (Lipinski definition) is 6. The average Bonchev–Trinajstić information content (AvgIpc) is 2.81. The summed E-state index contributed by atoms with van der Waals surface area (Å²) >= 11 is 0. The van der Waals surface area contributed by atoms with Crippen molar-refractivity contribution in [3.05, 3.63) is 35.7 Å². The quantitative estimate of drug-likeness (QED) is 0.174. The molecule has 0 saturated carbocycles. The standard InChI is InChI=1S/C24H38NO5P/c1-6-9-16-31(17-10-7-2,18-11-8-3)22(24(28)30-5)20(23(27)29-4)21(26)19-12-14-25-15-13-19/h12-15,22H,6-11,16-18H2,1-5H3/p+1. The van der Waals surface area contributed by atoms with Crippen LogP contribution in [0.1, 0.15) is 64.9 Å². The Hall–Kier alpha value is -1.94. The van der Waals surface area contributed by atoms with Crippen LogP contribution < -0.4 is 0 Å². The minimum atomic E-state index is -2.03. The SMILES string of the molecule is CCCC[P+](CCCC)(CCCC)C(C(=O)OC)/C(C(=O)OC)=C(\O)c1ccncc1. The second-order valence-electron chi connectivity index (χ2n) is 7.87. The fourth-order valence-corrected chi connectivity index (χ4v) is 9.59. The van der Waals surface area contributed by atoms with Gasteiger partial charge < -0.3 is 14.6 Å². The fraction of sp³-hybridized carbons (Fsp3) is 0.625. The van der Waals surface area contributed by atoms with E-state index in [-0.39, 0.29) is 11.3 Å². The van der Waals surface area contributed by atoms with Gasteiger partial charge in [0.1, 0.15) is 11.3 Å². The summed E-state index contributed by atoms with van der Waals surface area (Å²) in [6.07, 6.45) is 11.7. The van der Waals surface area contributed by atoms with Gasteiger partial charge in [0.2, 0.25) is 5.66 Å². The Bertz CT molecular complexity index is 698. The van der Waals surface area contributed by atoms with Gasteiger partial charge in [-0.05, 0) is 31.4 Å². The van der Waals surface area contributed by atoms with Crippen LogP contribution in [-0.4, -0.2) is 60.4 Å². The van der Waals surface area contributed by atoms with Gasteiger partial charge >= 0.3 is 11.9 Å².